The Hall–Kier alpha value is -3.83. The number of urea groups is 1. The summed E-state index contributed by atoms with van der Waals surface area (Å²) in [6.07, 6.45) is -0.847. The van der Waals surface area contributed by atoms with Crippen LogP contribution in [0.25, 0.3) is 16.5 Å². The van der Waals surface area contributed by atoms with Gasteiger partial charge in [0.2, 0.25) is 0 Å². The number of nitrogens with zero attached hydrogens (tertiary/aromatic N) is 1. The number of fused-ring (bicyclic) bond motifs is 2. The van der Waals surface area contributed by atoms with Crippen molar-refractivity contribution in [3.05, 3.63) is 70.1 Å². The average Bonchev–Trinajstić information content (AvgIpc) is 3.21. The summed E-state index contributed by atoms with van der Waals surface area (Å²) >= 11 is 0. The zero-order valence-electron chi connectivity index (χ0n) is 15.6. The predicted molar refractivity (Wildman–Crippen MR) is 99.8 cm³/mol. The summed E-state index contributed by atoms with van der Waals surface area (Å²) in [6, 6.07) is -1.29. The Labute approximate surface area is 169 Å². The van der Waals surface area contributed by atoms with Crippen LogP contribution in [0.15, 0.2) is 46.0 Å². The summed E-state index contributed by atoms with van der Waals surface area (Å²) in [5, 5.41) is 3.76. The molecule has 4 aromatic rings. The van der Waals surface area contributed by atoms with Crippen molar-refractivity contribution in [2.75, 3.05) is 5.32 Å². The quantitative estimate of drug-likeness (QED) is 0.413. The van der Waals surface area contributed by atoms with E-state index in [-0.39, 0.29) is 22.2 Å². The first-order valence-corrected chi connectivity index (χ1v) is 8.76. The molecule has 3 N–H and O–H groups in total. The minimum Gasteiger partial charge on any atom is -0.455 e. The topological polar surface area (TPSA) is 91.5 Å². The minimum atomic E-state index is -5.01. The molecule has 3 aromatic heterocycles. The van der Waals surface area contributed by atoms with E-state index in [1.807, 2.05) is 0 Å². The number of H-pyrrole nitrogens is 1. The molecule has 2 amide bonds. The van der Waals surface area contributed by atoms with Gasteiger partial charge in [0.05, 0.1) is 5.69 Å². The number of alkyl halides is 3. The second-order valence-electron chi connectivity index (χ2n) is 6.74. The van der Waals surface area contributed by atoms with Crippen LogP contribution in [0, 0.1) is 18.6 Å². The molecule has 3 heterocycles. The van der Waals surface area contributed by atoms with E-state index in [2.05, 4.69) is 10.3 Å². The van der Waals surface area contributed by atoms with Gasteiger partial charge in [0.1, 0.15) is 17.1 Å². The van der Waals surface area contributed by atoms with Crippen LogP contribution in [0.1, 0.15) is 17.4 Å². The lowest BCUT2D eigenvalue weighted by Gasteiger charge is -2.20. The van der Waals surface area contributed by atoms with Crippen molar-refractivity contribution in [1.82, 2.24) is 14.7 Å². The van der Waals surface area contributed by atoms with Gasteiger partial charge in [-0.25, -0.2) is 13.6 Å². The molecule has 1 aromatic carbocycles. The Bertz CT molecular complexity index is 1370. The molecule has 1 unspecified atom stereocenters. The van der Waals surface area contributed by atoms with Crippen LogP contribution in [0.3, 0.4) is 0 Å². The third-order valence-electron chi connectivity index (χ3n) is 4.65. The summed E-state index contributed by atoms with van der Waals surface area (Å²) in [5.74, 6) is -2.92. The number of benzene rings is 1. The molecule has 0 aliphatic carbocycles. The number of hydrogen-bond donors (Lipinski definition) is 3. The smallest absolute Gasteiger partial charge is 0.416 e. The van der Waals surface area contributed by atoms with Gasteiger partial charge in [-0.1, -0.05) is 0 Å². The minimum absolute atomic E-state index is 0.0598. The molecule has 0 saturated carbocycles. The molecule has 31 heavy (non-hydrogen) atoms. The first kappa shape index (κ1) is 20.4. The summed E-state index contributed by atoms with van der Waals surface area (Å²) in [4.78, 5) is 26.4. The number of furan rings is 1. The highest BCUT2D eigenvalue weighted by Crippen LogP contribution is 2.39. The van der Waals surface area contributed by atoms with E-state index >= 15 is 0 Å². The number of nitrogens with one attached hydrogen (secondary N) is 3. The normalized spacial score (nSPS) is 13.0. The zero-order chi connectivity index (χ0) is 22.5. The Morgan fingerprint density at radius 1 is 1.23 bits per heavy atom. The lowest BCUT2D eigenvalue weighted by molar-refractivity contribution is -0.158. The largest absolute Gasteiger partial charge is 0.455 e. The molecule has 12 heteroatoms. The predicted octanol–water partition coefficient (Wildman–Crippen LogP) is 4.39. The highest BCUT2D eigenvalue weighted by atomic mass is 19.4. The van der Waals surface area contributed by atoms with Crippen LogP contribution in [-0.4, -0.2) is 21.6 Å². The van der Waals surface area contributed by atoms with Gasteiger partial charge in [-0.3, -0.25) is 4.79 Å². The molecule has 4 rings (SSSR count). The van der Waals surface area contributed by atoms with Gasteiger partial charge in [0, 0.05) is 35.6 Å². The summed E-state index contributed by atoms with van der Waals surface area (Å²) in [6.45, 7) is 1.20. The third-order valence-corrected chi connectivity index (χ3v) is 4.65. The van der Waals surface area contributed by atoms with Gasteiger partial charge < -0.3 is 24.4 Å². The lowest BCUT2D eigenvalue weighted by atomic mass is 10.1. The van der Waals surface area contributed by atoms with Crippen molar-refractivity contribution >= 4 is 28.2 Å². The number of halogens is 5. The summed E-state index contributed by atoms with van der Waals surface area (Å²) in [5.41, 5.74) is -0.961. The first-order chi connectivity index (χ1) is 14.5. The van der Waals surface area contributed by atoms with E-state index in [1.165, 1.54) is 36.0 Å². The second-order valence-corrected chi connectivity index (χ2v) is 6.74. The fourth-order valence-corrected chi connectivity index (χ4v) is 3.25. The van der Waals surface area contributed by atoms with E-state index in [1.54, 1.807) is 5.32 Å². The maximum atomic E-state index is 13.9. The number of carbonyl (C=O) groups is 1. The van der Waals surface area contributed by atoms with Crippen LogP contribution in [0.4, 0.5) is 32.4 Å². The Balaban J connectivity index is 1.66. The number of amides is 2. The van der Waals surface area contributed by atoms with Crippen LogP contribution < -0.4 is 16.2 Å². The van der Waals surface area contributed by atoms with Gasteiger partial charge in [0.15, 0.2) is 17.4 Å². The van der Waals surface area contributed by atoms with Crippen molar-refractivity contribution < 1.29 is 31.2 Å². The molecular formula is C19H13F5N4O3. The number of aromatic amines is 1. The monoisotopic (exact) mass is 440 g/mol. The highest BCUT2D eigenvalue weighted by molar-refractivity contribution is 5.90. The molecule has 0 spiro atoms. The first-order valence-electron chi connectivity index (χ1n) is 8.76. The summed E-state index contributed by atoms with van der Waals surface area (Å²) in [7, 11) is 0. The standard InChI is InChI=1S/C19H13F5N4O3/c1-8-11-4-9(20)5-12(21)15(11)31-14(8)16(19(22,23)24)27-18(30)26-10-6-13-17(29)25-2-3-28(13)7-10/h2-7,16H,1H3,(H,25,29)(H2,26,27,30). The molecule has 0 aliphatic rings. The van der Waals surface area contributed by atoms with E-state index in [0.717, 1.165) is 6.07 Å². The molecule has 1 atom stereocenters. The Morgan fingerprint density at radius 3 is 2.65 bits per heavy atom. The molecule has 0 fully saturated rings. The average molecular weight is 440 g/mol. The van der Waals surface area contributed by atoms with E-state index < -0.39 is 46.8 Å². The van der Waals surface area contributed by atoms with Crippen LogP contribution in [-0.2, 0) is 0 Å². The molecule has 0 bridgehead atoms. The van der Waals surface area contributed by atoms with E-state index in [4.69, 9.17) is 4.42 Å². The van der Waals surface area contributed by atoms with Gasteiger partial charge in [-0.15, -0.1) is 0 Å². The second kappa shape index (κ2) is 7.15. The fourth-order valence-electron chi connectivity index (χ4n) is 3.25. The zero-order valence-corrected chi connectivity index (χ0v) is 15.6. The molecule has 7 nitrogen and oxygen atoms in total. The van der Waals surface area contributed by atoms with Crippen LogP contribution in [0.2, 0.25) is 0 Å². The third kappa shape index (κ3) is 3.71. The van der Waals surface area contributed by atoms with E-state index in [0.29, 0.717) is 6.07 Å². The number of aromatic nitrogens is 2. The molecule has 0 saturated heterocycles. The van der Waals surface area contributed by atoms with Crippen molar-refractivity contribution in [1.29, 1.82) is 0 Å². The molecule has 0 aliphatic heterocycles. The SMILES string of the molecule is Cc1c(C(NC(=O)Nc2cc3c(=O)[nH]ccn3c2)C(F)(F)F)oc2c(F)cc(F)cc12. The maximum absolute atomic E-state index is 13.9. The van der Waals surface area contributed by atoms with Crippen molar-refractivity contribution in [2.24, 2.45) is 0 Å². The van der Waals surface area contributed by atoms with Gasteiger partial charge in [-0.2, -0.15) is 13.2 Å². The molecule has 0 radical (unpaired) electrons. The van der Waals surface area contributed by atoms with Crippen molar-refractivity contribution in [2.45, 2.75) is 19.1 Å². The van der Waals surface area contributed by atoms with Gasteiger partial charge in [-0.05, 0) is 19.1 Å². The number of aryl methyl sites for hydroxylation is 1. The fraction of sp³-hybridized carbons (Fsp3) is 0.158. The Kier molecular flexibility index (Phi) is 4.71. The summed E-state index contributed by atoms with van der Waals surface area (Å²) < 4.78 is 74.9. The maximum Gasteiger partial charge on any atom is 0.416 e. The van der Waals surface area contributed by atoms with Crippen LogP contribution in [0.5, 0.6) is 0 Å². The number of carbonyl (C=O) groups excluding carboxylic acids is 1. The van der Waals surface area contributed by atoms with Gasteiger partial charge >= 0.3 is 12.2 Å². The van der Waals surface area contributed by atoms with Crippen LogP contribution >= 0.6 is 0 Å². The number of hydrogen-bond acceptors (Lipinski definition) is 3. The Morgan fingerprint density at radius 2 is 1.97 bits per heavy atom. The van der Waals surface area contributed by atoms with Gasteiger partial charge in [0.25, 0.3) is 5.56 Å². The molecular weight excluding hydrogens is 427 g/mol. The van der Waals surface area contributed by atoms with Crippen molar-refractivity contribution in [3.8, 4) is 0 Å². The highest BCUT2D eigenvalue weighted by Gasteiger charge is 2.45. The number of rotatable bonds is 3. The molecule has 162 valence electrons. The lowest BCUT2D eigenvalue weighted by Crippen LogP contribution is -2.40. The van der Waals surface area contributed by atoms with E-state index in [9.17, 15) is 31.5 Å². The van der Waals surface area contributed by atoms with Crippen molar-refractivity contribution in [3.63, 3.8) is 0 Å². The number of anilines is 1.